The molecule has 4 unspecified atom stereocenters. The minimum absolute atomic E-state index is 0.105. The molecule has 3 amide bonds. The lowest BCUT2D eigenvalue weighted by molar-refractivity contribution is -0.141. The van der Waals surface area contributed by atoms with Crippen LogP contribution in [0.15, 0.2) is 30.3 Å². The first kappa shape index (κ1) is 25.4. The molecule has 166 valence electrons. The largest absolute Gasteiger partial charge is 0.480 e. The number of benzene rings is 1. The lowest BCUT2D eigenvalue weighted by Gasteiger charge is -2.24. The average molecular weight is 439 g/mol. The number of thiol groups is 1. The molecule has 0 spiro atoms. The summed E-state index contributed by atoms with van der Waals surface area (Å²) in [7, 11) is 0. The topological polar surface area (TPSA) is 151 Å². The first-order chi connectivity index (χ1) is 14.1. The molecule has 0 saturated carbocycles. The van der Waals surface area contributed by atoms with E-state index in [1.165, 1.54) is 6.92 Å². The maximum atomic E-state index is 12.7. The standard InChI is InChI=1S/C20H30N4O5S/c1-11(2)16(21)19(27)22-12(3)17(25)23-14(9-13-7-5-4-6-8-13)18(26)24-15(10-30)20(28)29/h4-8,11-12,14-16,30H,9-10,21H2,1-3H3,(H,22,27)(H,23,25)(H,24,26)(H,28,29). The summed E-state index contributed by atoms with van der Waals surface area (Å²) in [5, 5.41) is 16.6. The summed E-state index contributed by atoms with van der Waals surface area (Å²) in [4.78, 5) is 48.6. The number of nitrogens with two attached hydrogens (primary N) is 1. The van der Waals surface area contributed by atoms with Crippen LogP contribution in [0.5, 0.6) is 0 Å². The van der Waals surface area contributed by atoms with Gasteiger partial charge in [0.15, 0.2) is 0 Å². The Morgan fingerprint density at radius 2 is 1.50 bits per heavy atom. The summed E-state index contributed by atoms with van der Waals surface area (Å²) < 4.78 is 0. The van der Waals surface area contributed by atoms with E-state index in [2.05, 4.69) is 28.6 Å². The average Bonchev–Trinajstić information content (AvgIpc) is 2.70. The molecule has 0 bridgehead atoms. The van der Waals surface area contributed by atoms with Crippen molar-refractivity contribution in [3.8, 4) is 0 Å². The van der Waals surface area contributed by atoms with Crippen molar-refractivity contribution >= 4 is 36.3 Å². The molecule has 4 atom stereocenters. The summed E-state index contributed by atoms with van der Waals surface area (Å²) in [5.41, 5.74) is 6.56. The molecular formula is C20H30N4O5S. The minimum Gasteiger partial charge on any atom is -0.480 e. The van der Waals surface area contributed by atoms with Crippen molar-refractivity contribution in [3.05, 3.63) is 35.9 Å². The Morgan fingerprint density at radius 1 is 0.933 bits per heavy atom. The van der Waals surface area contributed by atoms with Gasteiger partial charge in [0.05, 0.1) is 6.04 Å². The number of carboxylic acid groups (broad SMARTS) is 1. The molecule has 30 heavy (non-hydrogen) atoms. The predicted molar refractivity (Wildman–Crippen MR) is 116 cm³/mol. The second-order valence-corrected chi connectivity index (χ2v) is 7.70. The van der Waals surface area contributed by atoms with Crippen LogP contribution >= 0.6 is 12.6 Å². The molecule has 6 N–H and O–H groups in total. The molecule has 0 aliphatic carbocycles. The van der Waals surface area contributed by atoms with E-state index in [-0.39, 0.29) is 18.1 Å². The van der Waals surface area contributed by atoms with E-state index >= 15 is 0 Å². The van der Waals surface area contributed by atoms with Gasteiger partial charge in [-0.2, -0.15) is 12.6 Å². The fourth-order valence-electron chi connectivity index (χ4n) is 2.49. The van der Waals surface area contributed by atoms with E-state index < -0.39 is 47.9 Å². The van der Waals surface area contributed by atoms with Crippen LogP contribution < -0.4 is 21.7 Å². The molecule has 0 aliphatic rings. The highest BCUT2D eigenvalue weighted by Gasteiger charge is 2.28. The first-order valence-electron chi connectivity index (χ1n) is 9.61. The van der Waals surface area contributed by atoms with E-state index in [4.69, 9.17) is 10.8 Å². The van der Waals surface area contributed by atoms with Crippen LogP contribution in [0.3, 0.4) is 0 Å². The number of hydrogen-bond donors (Lipinski definition) is 6. The van der Waals surface area contributed by atoms with Gasteiger partial charge in [-0.3, -0.25) is 14.4 Å². The van der Waals surface area contributed by atoms with Crippen molar-refractivity contribution < 1.29 is 24.3 Å². The van der Waals surface area contributed by atoms with Gasteiger partial charge in [-0.05, 0) is 18.4 Å². The molecule has 0 saturated heterocycles. The number of aliphatic carboxylic acids is 1. The number of carbonyl (C=O) groups is 4. The summed E-state index contributed by atoms with van der Waals surface area (Å²) in [6.07, 6.45) is 0.142. The second-order valence-electron chi connectivity index (χ2n) is 7.33. The fourth-order valence-corrected chi connectivity index (χ4v) is 2.74. The molecule has 0 heterocycles. The minimum atomic E-state index is -1.23. The van der Waals surface area contributed by atoms with Crippen LogP contribution in [0, 0.1) is 5.92 Å². The first-order valence-corrected chi connectivity index (χ1v) is 10.2. The molecule has 9 nitrogen and oxygen atoms in total. The molecule has 1 aromatic carbocycles. The molecule has 0 radical (unpaired) electrons. The number of nitrogens with one attached hydrogen (secondary N) is 3. The number of amides is 3. The lowest BCUT2D eigenvalue weighted by atomic mass is 10.0. The molecule has 10 heteroatoms. The quantitative estimate of drug-likeness (QED) is 0.261. The molecule has 0 aromatic heterocycles. The summed E-state index contributed by atoms with van der Waals surface area (Å²) in [5.74, 6) is -3.17. The van der Waals surface area contributed by atoms with Gasteiger partial charge in [0.25, 0.3) is 0 Å². The fraction of sp³-hybridized carbons (Fsp3) is 0.500. The summed E-state index contributed by atoms with van der Waals surface area (Å²) in [6, 6.07) is 5.01. The highest BCUT2D eigenvalue weighted by Crippen LogP contribution is 2.05. The Balaban J connectivity index is 2.90. The second kappa shape index (κ2) is 12.2. The van der Waals surface area contributed by atoms with E-state index in [9.17, 15) is 19.2 Å². The maximum Gasteiger partial charge on any atom is 0.327 e. The zero-order valence-corrected chi connectivity index (χ0v) is 18.2. The van der Waals surface area contributed by atoms with Crippen molar-refractivity contribution in [1.29, 1.82) is 0 Å². The normalized spacial score (nSPS) is 14.9. The SMILES string of the molecule is CC(NC(=O)C(N)C(C)C)C(=O)NC(Cc1ccccc1)C(=O)NC(CS)C(=O)O. The highest BCUT2D eigenvalue weighted by atomic mass is 32.1. The van der Waals surface area contributed by atoms with E-state index in [1.807, 2.05) is 6.07 Å². The smallest absolute Gasteiger partial charge is 0.327 e. The van der Waals surface area contributed by atoms with Crippen LogP contribution in [0.4, 0.5) is 0 Å². The van der Waals surface area contributed by atoms with Crippen molar-refractivity contribution in [2.24, 2.45) is 11.7 Å². The van der Waals surface area contributed by atoms with Gasteiger partial charge in [-0.15, -0.1) is 0 Å². The Hall–Kier alpha value is -2.59. The molecule has 0 fully saturated rings. The predicted octanol–water partition coefficient (Wildman–Crippen LogP) is -0.299. The third-order valence-corrected chi connectivity index (χ3v) is 4.85. The van der Waals surface area contributed by atoms with Crippen molar-refractivity contribution in [2.45, 2.75) is 51.4 Å². The molecule has 0 aliphatic heterocycles. The van der Waals surface area contributed by atoms with Gasteiger partial charge in [-0.25, -0.2) is 4.79 Å². The zero-order valence-electron chi connectivity index (χ0n) is 17.3. The Morgan fingerprint density at radius 3 is 2.00 bits per heavy atom. The number of carbonyl (C=O) groups excluding carboxylic acids is 3. The van der Waals surface area contributed by atoms with Crippen LogP contribution in [0.2, 0.25) is 0 Å². The van der Waals surface area contributed by atoms with E-state index in [0.717, 1.165) is 5.56 Å². The Bertz CT molecular complexity index is 744. The summed E-state index contributed by atoms with van der Waals surface area (Å²) >= 11 is 3.93. The van der Waals surface area contributed by atoms with Crippen molar-refractivity contribution in [3.63, 3.8) is 0 Å². The molecule has 1 aromatic rings. The van der Waals surface area contributed by atoms with Gasteiger partial charge < -0.3 is 26.8 Å². The monoisotopic (exact) mass is 438 g/mol. The van der Waals surface area contributed by atoms with Crippen LogP contribution in [0.25, 0.3) is 0 Å². The van der Waals surface area contributed by atoms with Crippen LogP contribution in [-0.2, 0) is 25.6 Å². The number of carboxylic acids is 1. The summed E-state index contributed by atoms with van der Waals surface area (Å²) in [6.45, 7) is 5.05. The van der Waals surface area contributed by atoms with Gasteiger partial charge in [0.2, 0.25) is 17.7 Å². The van der Waals surface area contributed by atoms with Crippen molar-refractivity contribution in [2.75, 3.05) is 5.75 Å². The van der Waals surface area contributed by atoms with Gasteiger partial charge in [-0.1, -0.05) is 44.2 Å². The van der Waals surface area contributed by atoms with Gasteiger partial charge in [0.1, 0.15) is 18.1 Å². The molecule has 1 rings (SSSR count). The van der Waals surface area contributed by atoms with Crippen molar-refractivity contribution in [1.82, 2.24) is 16.0 Å². The maximum absolute atomic E-state index is 12.7. The number of hydrogen-bond acceptors (Lipinski definition) is 6. The Labute approximate surface area is 181 Å². The third-order valence-electron chi connectivity index (χ3n) is 4.49. The van der Waals surface area contributed by atoms with E-state index in [0.29, 0.717) is 0 Å². The number of rotatable bonds is 11. The highest BCUT2D eigenvalue weighted by molar-refractivity contribution is 7.80. The third kappa shape index (κ3) is 8.03. The van der Waals surface area contributed by atoms with Crippen LogP contribution in [-0.4, -0.2) is 58.7 Å². The van der Waals surface area contributed by atoms with Gasteiger partial charge >= 0.3 is 5.97 Å². The molecular weight excluding hydrogens is 408 g/mol. The Kier molecular flexibility index (Phi) is 10.3. The van der Waals surface area contributed by atoms with Crippen LogP contribution in [0.1, 0.15) is 26.3 Å². The zero-order chi connectivity index (χ0) is 22.8. The van der Waals surface area contributed by atoms with Gasteiger partial charge in [0, 0.05) is 12.2 Å². The lowest BCUT2D eigenvalue weighted by Crippen LogP contribution is -2.57. The van der Waals surface area contributed by atoms with E-state index in [1.54, 1.807) is 38.1 Å².